The average Bonchev–Trinajstić information content (AvgIpc) is 3.19. The highest BCUT2D eigenvalue weighted by molar-refractivity contribution is 7.99. The summed E-state index contributed by atoms with van der Waals surface area (Å²) in [7, 11) is 0. The summed E-state index contributed by atoms with van der Waals surface area (Å²) in [5.74, 6) is 0.954. The summed E-state index contributed by atoms with van der Waals surface area (Å²) in [4.78, 5) is 18.2. The van der Waals surface area contributed by atoms with Crippen molar-refractivity contribution in [2.24, 2.45) is 0 Å². The van der Waals surface area contributed by atoms with Gasteiger partial charge in [-0.3, -0.25) is 9.63 Å². The van der Waals surface area contributed by atoms with Crippen LogP contribution in [-0.2, 0) is 29.4 Å². The van der Waals surface area contributed by atoms with E-state index in [2.05, 4.69) is 49.4 Å². The zero-order valence-electron chi connectivity index (χ0n) is 17.9. The lowest BCUT2D eigenvalue weighted by Crippen LogP contribution is -2.29. The van der Waals surface area contributed by atoms with Crippen LogP contribution in [0.3, 0.4) is 0 Å². The minimum atomic E-state index is -0.749. The van der Waals surface area contributed by atoms with E-state index in [4.69, 9.17) is 14.7 Å². The van der Waals surface area contributed by atoms with Gasteiger partial charge in [-0.25, -0.2) is 5.06 Å². The molecule has 0 saturated carbocycles. The number of thioether (sulfide) groups is 1. The highest BCUT2D eigenvalue weighted by atomic mass is 32.2. The van der Waals surface area contributed by atoms with Crippen LogP contribution in [0.5, 0.6) is 5.75 Å². The molecule has 0 saturated heterocycles. The molecule has 1 atom stereocenters. The maximum Gasteiger partial charge on any atom is 0.303 e. The monoisotopic (exact) mass is 447 g/mol. The predicted octanol–water partition coefficient (Wildman–Crippen LogP) is 5.69. The number of fused-ring (bicyclic) bond motifs is 2. The first kappa shape index (κ1) is 20.9. The Labute approximate surface area is 191 Å². The van der Waals surface area contributed by atoms with Gasteiger partial charge in [0.1, 0.15) is 19.0 Å². The van der Waals surface area contributed by atoms with Gasteiger partial charge in [-0.1, -0.05) is 42.0 Å². The molecule has 0 spiro atoms. The van der Waals surface area contributed by atoms with Crippen LogP contribution in [0.15, 0.2) is 65.6 Å². The van der Waals surface area contributed by atoms with E-state index in [-0.39, 0.29) is 12.3 Å². The van der Waals surface area contributed by atoms with Gasteiger partial charge in [0.25, 0.3) is 0 Å². The molecule has 6 heteroatoms. The molecular formula is C26H25NO4S. The summed E-state index contributed by atoms with van der Waals surface area (Å²) in [6.07, 6.45) is 0.176. The van der Waals surface area contributed by atoms with Gasteiger partial charge in [0, 0.05) is 16.6 Å². The van der Waals surface area contributed by atoms with Crippen LogP contribution in [0.2, 0.25) is 0 Å². The molecular weight excluding hydrogens is 422 g/mol. The van der Waals surface area contributed by atoms with Crippen LogP contribution < -0.4 is 9.80 Å². The smallest absolute Gasteiger partial charge is 0.303 e. The number of carbonyl (C=O) groups is 1. The molecule has 5 nitrogen and oxygen atoms in total. The Morgan fingerprint density at radius 1 is 1.19 bits per heavy atom. The molecule has 2 aliphatic heterocycles. The molecule has 3 aromatic carbocycles. The average molecular weight is 448 g/mol. The van der Waals surface area contributed by atoms with E-state index in [9.17, 15) is 4.79 Å². The molecule has 2 heterocycles. The maximum absolute atomic E-state index is 11.1. The lowest BCUT2D eigenvalue weighted by molar-refractivity contribution is -0.137. The summed E-state index contributed by atoms with van der Waals surface area (Å²) in [6.45, 7) is 3.77. The number of hydrogen-bond acceptors (Lipinski definition) is 5. The van der Waals surface area contributed by atoms with Crippen LogP contribution in [0.1, 0.15) is 40.2 Å². The van der Waals surface area contributed by atoms with E-state index in [1.165, 1.54) is 16.7 Å². The minimum Gasteiger partial charge on any atom is -0.489 e. The van der Waals surface area contributed by atoms with Gasteiger partial charge in [0.2, 0.25) is 0 Å². The molecule has 0 radical (unpaired) electrons. The van der Waals surface area contributed by atoms with Gasteiger partial charge < -0.3 is 9.84 Å². The molecule has 5 rings (SSSR count). The van der Waals surface area contributed by atoms with E-state index >= 15 is 0 Å². The first-order valence-corrected chi connectivity index (χ1v) is 11.7. The standard InChI is InChI=1S/C26H25NO4S/c1-17-5-7-21(8-6-17)27-13-24-18(3-2-4-19(24)15-31-27)14-30-22-9-10-23-20(11-26(28)29)16-32-25(23)12-22/h2-10,12,20H,11,13-16H2,1H3,(H,28,29). The highest BCUT2D eigenvalue weighted by Crippen LogP contribution is 2.43. The molecule has 2 aliphatic rings. The number of nitrogens with zero attached hydrogens (tertiary/aromatic N) is 1. The lowest BCUT2D eigenvalue weighted by Gasteiger charge is -2.31. The third-order valence-corrected chi connectivity index (χ3v) is 7.28. The number of benzene rings is 3. The predicted molar refractivity (Wildman–Crippen MR) is 125 cm³/mol. The van der Waals surface area contributed by atoms with Crippen LogP contribution in [0.25, 0.3) is 0 Å². The molecule has 0 amide bonds. The second-order valence-corrected chi connectivity index (χ2v) is 9.36. The van der Waals surface area contributed by atoms with Crippen LogP contribution in [0, 0.1) is 6.92 Å². The number of rotatable bonds is 6. The van der Waals surface area contributed by atoms with Gasteiger partial charge in [-0.05, 0) is 53.4 Å². The zero-order chi connectivity index (χ0) is 22.1. The number of aryl methyl sites for hydroxylation is 1. The van der Waals surface area contributed by atoms with Crippen LogP contribution >= 0.6 is 11.8 Å². The Balaban J connectivity index is 1.30. The Hall–Kier alpha value is -2.96. The van der Waals surface area contributed by atoms with Crippen molar-refractivity contribution in [2.45, 2.75) is 43.9 Å². The van der Waals surface area contributed by atoms with Gasteiger partial charge in [-0.2, -0.15) is 0 Å². The normalized spacial score (nSPS) is 17.0. The van der Waals surface area contributed by atoms with E-state index in [1.807, 2.05) is 23.3 Å². The number of carboxylic acids is 1. The Kier molecular flexibility index (Phi) is 5.81. The maximum atomic E-state index is 11.1. The van der Waals surface area contributed by atoms with Crippen molar-refractivity contribution in [1.29, 1.82) is 0 Å². The van der Waals surface area contributed by atoms with E-state index in [0.29, 0.717) is 19.8 Å². The Morgan fingerprint density at radius 2 is 2.03 bits per heavy atom. The quantitative estimate of drug-likeness (QED) is 0.524. The fraction of sp³-hybridized carbons (Fsp3) is 0.269. The second kappa shape index (κ2) is 8.88. The number of carboxylic acid groups (broad SMARTS) is 1. The Bertz CT molecular complexity index is 1150. The third kappa shape index (κ3) is 4.33. The van der Waals surface area contributed by atoms with Crippen LogP contribution in [-0.4, -0.2) is 16.8 Å². The summed E-state index contributed by atoms with van der Waals surface area (Å²) in [5.41, 5.74) is 6.98. The number of aliphatic carboxylic acids is 1. The number of ether oxygens (including phenoxy) is 1. The Morgan fingerprint density at radius 3 is 2.84 bits per heavy atom. The summed E-state index contributed by atoms with van der Waals surface area (Å²) in [6, 6.07) is 20.6. The van der Waals surface area contributed by atoms with E-state index in [1.54, 1.807) is 11.8 Å². The van der Waals surface area contributed by atoms with Crippen molar-refractivity contribution < 1.29 is 19.5 Å². The largest absolute Gasteiger partial charge is 0.489 e. The molecule has 0 aromatic heterocycles. The fourth-order valence-corrected chi connectivity index (χ4v) is 5.54. The molecule has 1 N–H and O–H groups in total. The van der Waals surface area contributed by atoms with Crippen molar-refractivity contribution in [3.8, 4) is 5.75 Å². The SMILES string of the molecule is Cc1ccc(N2Cc3c(COc4ccc5c(c4)SCC5CC(=O)O)cccc3CO2)cc1. The summed E-state index contributed by atoms with van der Waals surface area (Å²) < 4.78 is 6.17. The molecule has 0 bridgehead atoms. The zero-order valence-corrected chi connectivity index (χ0v) is 18.7. The van der Waals surface area contributed by atoms with Crippen molar-refractivity contribution in [1.82, 2.24) is 0 Å². The van der Waals surface area contributed by atoms with Crippen molar-refractivity contribution >= 4 is 23.4 Å². The summed E-state index contributed by atoms with van der Waals surface area (Å²) in [5, 5.41) is 11.1. The second-order valence-electron chi connectivity index (χ2n) is 8.29. The molecule has 164 valence electrons. The number of anilines is 1. The topological polar surface area (TPSA) is 59.0 Å². The van der Waals surface area contributed by atoms with E-state index < -0.39 is 5.97 Å². The number of hydrogen-bond donors (Lipinski definition) is 1. The third-order valence-electron chi connectivity index (χ3n) is 6.05. The highest BCUT2D eigenvalue weighted by Gasteiger charge is 2.26. The molecule has 3 aromatic rings. The molecule has 1 unspecified atom stereocenters. The minimum absolute atomic E-state index is 0.0791. The molecule has 0 fully saturated rings. The van der Waals surface area contributed by atoms with E-state index in [0.717, 1.165) is 33.2 Å². The van der Waals surface area contributed by atoms with Crippen molar-refractivity contribution in [2.75, 3.05) is 10.8 Å². The van der Waals surface area contributed by atoms with Gasteiger partial charge in [-0.15, -0.1) is 11.8 Å². The summed E-state index contributed by atoms with van der Waals surface area (Å²) >= 11 is 1.71. The number of hydroxylamine groups is 1. The first-order chi connectivity index (χ1) is 15.6. The van der Waals surface area contributed by atoms with Crippen molar-refractivity contribution in [3.05, 3.63) is 88.5 Å². The van der Waals surface area contributed by atoms with Gasteiger partial charge >= 0.3 is 5.97 Å². The van der Waals surface area contributed by atoms with Gasteiger partial charge in [0.05, 0.1) is 18.7 Å². The molecule has 0 aliphatic carbocycles. The lowest BCUT2D eigenvalue weighted by atomic mass is 9.98. The van der Waals surface area contributed by atoms with Crippen molar-refractivity contribution in [3.63, 3.8) is 0 Å². The fourth-order valence-electron chi connectivity index (χ4n) is 4.26. The molecule has 32 heavy (non-hydrogen) atoms. The van der Waals surface area contributed by atoms with Gasteiger partial charge in [0.15, 0.2) is 0 Å². The van der Waals surface area contributed by atoms with Crippen LogP contribution in [0.4, 0.5) is 5.69 Å². The first-order valence-electron chi connectivity index (χ1n) is 10.7.